The van der Waals surface area contributed by atoms with Crippen LogP contribution in [0.15, 0.2) is 73.3 Å². The Morgan fingerprint density at radius 3 is 2.00 bits per heavy atom. The Labute approximate surface area is 137 Å². The predicted octanol–water partition coefficient (Wildman–Crippen LogP) is 3.96. The molecule has 2 aromatic carbocycles. The normalized spacial score (nSPS) is 10.2. The van der Waals surface area contributed by atoms with Gasteiger partial charge in [0.25, 0.3) is 5.69 Å². The molecule has 0 unspecified atom stereocenters. The van der Waals surface area contributed by atoms with Crippen LogP contribution in [0.25, 0.3) is 21.5 Å². The highest BCUT2D eigenvalue weighted by molar-refractivity contribution is 5.84. The van der Waals surface area contributed by atoms with Gasteiger partial charge in [0, 0.05) is 53.4 Å². The third kappa shape index (κ3) is 3.44. The van der Waals surface area contributed by atoms with Gasteiger partial charge in [-0.3, -0.25) is 20.1 Å². The van der Waals surface area contributed by atoms with Crippen molar-refractivity contribution in [1.82, 2.24) is 9.97 Å². The number of nitro benzene ring substituents is 1. The number of nitrogen functional groups attached to an aromatic ring is 1. The molecule has 2 heterocycles. The van der Waals surface area contributed by atoms with Gasteiger partial charge in [-0.15, -0.1) is 0 Å². The van der Waals surface area contributed by atoms with E-state index in [1.54, 1.807) is 24.7 Å². The number of hydrogen-bond acceptors (Lipinski definition) is 5. The predicted molar refractivity (Wildman–Crippen MR) is 94.6 cm³/mol. The van der Waals surface area contributed by atoms with Crippen molar-refractivity contribution in [2.75, 3.05) is 5.73 Å². The van der Waals surface area contributed by atoms with Gasteiger partial charge in [0.05, 0.1) is 4.92 Å². The minimum Gasteiger partial charge on any atom is -0.399 e. The molecular formula is C18H14N4O2. The van der Waals surface area contributed by atoms with Crippen molar-refractivity contribution in [3.05, 3.63) is 83.4 Å². The molecule has 0 fully saturated rings. The zero-order valence-electron chi connectivity index (χ0n) is 12.7. The van der Waals surface area contributed by atoms with Gasteiger partial charge in [-0.1, -0.05) is 6.07 Å². The van der Waals surface area contributed by atoms with Crippen molar-refractivity contribution < 1.29 is 4.92 Å². The van der Waals surface area contributed by atoms with E-state index in [9.17, 15) is 10.1 Å². The number of fused-ring (bicyclic) bond motifs is 2. The van der Waals surface area contributed by atoms with Crippen LogP contribution < -0.4 is 5.73 Å². The number of nitrogens with zero attached hydrogens (tertiary/aromatic N) is 3. The summed E-state index contributed by atoms with van der Waals surface area (Å²) < 4.78 is 0. The topological polar surface area (TPSA) is 94.9 Å². The number of anilines is 1. The fraction of sp³-hybridized carbons (Fsp3) is 0. The summed E-state index contributed by atoms with van der Waals surface area (Å²) in [5, 5.41) is 14.4. The number of aromatic nitrogens is 2. The van der Waals surface area contributed by atoms with E-state index >= 15 is 0 Å². The first kappa shape index (κ1) is 15.4. The number of benzene rings is 2. The van der Waals surface area contributed by atoms with Gasteiger partial charge in [-0.05, 0) is 41.1 Å². The second-order valence-corrected chi connectivity index (χ2v) is 5.15. The standard InChI is InChI=1S/C9H6N2O2.C9H8N2/c12-11(13)9-2-1-7-3-4-10-6-8(7)5-9;10-9-2-1-7-3-4-11-6-8(7)5-9/h1-6H;1-6H,10H2. The molecule has 0 amide bonds. The fourth-order valence-corrected chi connectivity index (χ4v) is 2.29. The highest BCUT2D eigenvalue weighted by atomic mass is 16.6. The Morgan fingerprint density at radius 2 is 1.38 bits per heavy atom. The molecule has 0 spiro atoms. The molecular weight excluding hydrogens is 304 g/mol. The van der Waals surface area contributed by atoms with Crippen LogP contribution in [0.3, 0.4) is 0 Å². The first-order chi connectivity index (χ1) is 11.6. The molecule has 0 bridgehead atoms. The van der Waals surface area contributed by atoms with E-state index < -0.39 is 4.92 Å². The molecule has 0 atom stereocenters. The van der Waals surface area contributed by atoms with Gasteiger partial charge in [0.1, 0.15) is 0 Å². The number of hydrogen-bond donors (Lipinski definition) is 1. The van der Waals surface area contributed by atoms with Gasteiger partial charge in [0.15, 0.2) is 0 Å². The number of pyridine rings is 2. The van der Waals surface area contributed by atoms with Gasteiger partial charge in [-0.25, -0.2) is 0 Å². The highest BCUT2D eigenvalue weighted by Gasteiger charge is 2.04. The molecule has 0 aliphatic heterocycles. The van der Waals surface area contributed by atoms with Crippen molar-refractivity contribution in [3.63, 3.8) is 0 Å². The second kappa shape index (κ2) is 6.70. The molecule has 118 valence electrons. The van der Waals surface area contributed by atoms with Gasteiger partial charge in [-0.2, -0.15) is 0 Å². The largest absolute Gasteiger partial charge is 0.399 e. The van der Waals surface area contributed by atoms with Crippen molar-refractivity contribution in [1.29, 1.82) is 0 Å². The van der Waals surface area contributed by atoms with Crippen LogP contribution in [0, 0.1) is 10.1 Å². The third-order valence-corrected chi connectivity index (χ3v) is 3.50. The quantitative estimate of drug-likeness (QED) is 0.325. The SMILES string of the molecule is Nc1ccc2ccncc2c1.O=[N+]([O-])c1ccc2ccncc2c1. The monoisotopic (exact) mass is 318 g/mol. The Morgan fingerprint density at radius 1 is 0.792 bits per heavy atom. The summed E-state index contributed by atoms with van der Waals surface area (Å²) in [6, 6.07) is 14.3. The lowest BCUT2D eigenvalue weighted by atomic mass is 10.2. The minimum absolute atomic E-state index is 0.0977. The lowest BCUT2D eigenvalue weighted by Crippen LogP contribution is -1.87. The number of non-ortho nitro benzene ring substituents is 1. The Balaban J connectivity index is 0.000000143. The smallest absolute Gasteiger partial charge is 0.270 e. The van der Waals surface area contributed by atoms with E-state index in [1.165, 1.54) is 17.5 Å². The van der Waals surface area contributed by atoms with Crippen molar-refractivity contribution in [3.8, 4) is 0 Å². The Hall–Kier alpha value is -3.54. The van der Waals surface area contributed by atoms with Crippen molar-refractivity contribution in [2.45, 2.75) is 0 Å². The van der Waals surface area contributed by atoms with E-state index in [1.807, 2.05) is 36.5 Å². The van der Waals surface area contributed by atoms with Crippen LogP contribution in [0.2, 0.25) is 0 Å². The maximum absolute atomic E-state index is 10.4. The average molecular weight is 318 g/mol. The zero-order valence-corrected chi connectivity index (χ0v) is 12.7. The van der Waals surface area contributed by atoms with E-state index in [-0.39, 0.29) is 5.69 Å². The lowest BCUT2D eigenvalue weighted by molar-refractivity contribution is -0.384. The second-order valence-electron chi connectivity index (χ2n) is 5.15. The molecule has 4 aromatic rings. The Bertz CT molecular complexity index is 1020. The first-order valence-electron chi connectivity index (χ1n) is 7.21. The zero-order chi connectivity index (χ0) is 16.9. The molecule has 4 rings (SSSR count). The molecule has 6 heteroatoms. The summed E-state index contributed by atoms with van der Waals surface area (Å²) >= 11 is 0. The minimum atomic E-state index is -0.410. The maximum atomic E-state index is 10.4. The number of rotatable bonds is 1. The summed E-state index contributed by atoms with van der Waals surface area (Å²) in [6.45, 7) is 0. The third-order valence-electron chi connectivity index (χ3n) is 3.50. The molecule has 0 radical (unpaired) electrons. The molecule has 0 aliphatic rings. The summed E-state index contributed by atoms with van der Waals surface area (Å²) in [6.07, 6.45) is 6.86. The molecule has 0 aliphatic carbocycles. The van der Waals surface area contributed by atoms with Gasteiger partial charge in [0.2, 0.25) is 0 Å². The van der Waals surface area contributed by atoms with E-state index in [2.05, 4.69) is 9.97 Å². The molecule has 24 heavy (non-hydrogen) atoms. The van der Waals surface area contributed by atoms with E-state index in [4.69, 9.17) is 5.73 Å². The Kier molecular flexibility index (Phi) is 4.29. The molecule has 0 saturated carbocycles. The van der Waals surface area contributed by atoms with E-state index in [0.29, 0.717) is 0 Å². The van der Waals surface area contributed by atoms with Crippen LogP contribution in [0.5, 0.6) is 0 Å². The molecule has 2 aromatic heterocycles. The van der Waals surface area contributed by atoms with Gasteiger partial charge < -0.3 is 5.73 Å². The van der Waals surface area contributed by atoms with Crippen LogP contribution in [0.1, 0.15) is 0 Å². The molecule has 0 saturated heterocycles. The van der Waals surface area contributed by atoms with E-state index in [0.717, 1.165) is 21.8 Å². The first-order valence-corrected chi connectivity index (χ1v) is 7.21. The van der Waals surface area contributed by atoms with Crippen molar-refractivity contribution >= 4 is 32.9 Å². The van der Waals surface area contributed by atoms with Crippen molar-refractivity contribution in [2.24, 2.45) is 0 Å². The van der Waals surface area contributed by atoms with Crippen LogP contribution >= 0.6 is 0 Å². The molecule has 6 nitrogen and oxygen atoms in total. The summed E-state index contributed by atoms with van der Waals surface area (Å²) in [5.41, 5.74) is 6.48. The van der Waals surface area contributed by atoms with Crippen LogP contribution in [0.4, 0.5) is 11.4 Å². The van der Waals surface area contributed by atoms with Crippen LogP contribution in [-0.4, -0.2) is 14.9 Å². The highest BCUT2D eigenvalue weighted by Crippen LogP contribution is 2.19. The number of nitro groups is 1. The molecule has 2 N–H and O–H groups in total. The lowest BCUT2D eigenvalue weighted by Gasteiger charge is -1.96. The summed E-state index contributed by atoms with van der Waals surface area (Å²) in [4.78, 5) is 17.9. The summed E-state index contributed by atoms with van der Waals surface area (Å²) in [7, 11) is 0. The average Bonchev–Trinajstić information content (AvgIpc) is 2.61. The van der Waals surface area contributed by atoms with Gasteiger partial charge >= 0.3 is 0 Å². The van der Waals surface area contributed by atoms with Crippen LogP contribution in [-0.2, 0) is 0 Å². The summed E-state index contributed by atoms with van der Waals surface area (Å²) in [5.74, 6) is 0. The number of nitrogens with two attached hydrogens (primary N) is 1. The maximum Gasteiger partial charge on any atom is 0.270 e. The fourth-order valence-electron chi connectivity index (χ4n) is 2.29.